The molecular formula is C32H21NO. The van der Waals surface area contributed by atoms with Gasteiger partial charge in [0, 0.05) is 33.5 Å². The molecule has 0 fully saturated rings. The molecule has 2 aliphatic rings. The summed E-state index contributed by atoms with van der Waals surface area (Å²) in [5.74, 6) is 0.312. The van der Waals surface area contributed by atoms with E-state index < -0.39 is 0 Å². The van der Waals surface area contributed by atoms with Gasteiger partial charge in [-0.1, -0.05) is 85.0 Å². The second-order valence-electron chi connectivity index (χ2n) is 9.36. The lowest BCUT2D eigenvalue weighted by atomic mass is 9.84. The second kappa shape index (κ2) is 6.61. The predicted octanol–water partition coefficient (Wildman–Crippen LogP) is 8.63. The number of hydrogen-bond acceptors (Lipinski definition) is 1. The van der Waals surface area contributed by atoms with Crippen molar-refractivity contribution in [2.24, 2.45) is 5.92 Å². The van der Waals surface area contributed by atoms with Crippen LogP contribution in [0.4, 0.5) is 0 Å². The van der Waals surface area contributed by atoms with E-state index in [1.807, 2.05) is 6.07 Å². The number of furan rings is 1. The third-order valence-corrected chi connectivity index (χ3v) is 7.53. The van der Waals surface area contributed by atoms with E-state index in [0.717, 1.165) is 11.2 Å². The lowest BCUT2D eigenvalue weighted by Crippen LogP contribution is -2.20. The SMILES string of the molecule is C1=CC2=CC=CC(n3c4cc5ccccc5cc4c4cc5c(cc43)oc3ccccc35)C2C=C1. The Bertz CT molecular complexity index is 1920. The molecule has 2 unspecified atom stereocenters. The van der Waals surface area contributed by atoms with Crippen molar-refractivity contribution in [2.45, 2.75) is 6.04 Å². The average molecular weight is 436 g/mol. The molecule has 0 N–H and O–H groups in total. The van der Waals surface area contributed by atoms with Gasteiger partial charge in [-0.2, -0.15) is 0 Å². The van der Waals surface area contributed by atoms with Crippen LogP contribution in [-0.2, 0) is 0 Å². The van der Waals surface area contributed by atoms with E-state index >= 15 is 0 Å². The van der Waals surface area contributed by atoms with Crippen LogP contribution < -0.4 is 0 Å². The molecule has 34 heavy (non-hydrogen) atoms. The van der Waals surface area contributed by atoms with Crippen LogP contribution in [0.25, 0.3) is 54.5 Å². The lowest BCUT2D eigenvalue weighted by molar-refractivity contribution is 0.534. The Hall–Kier alpha value is -4.30. The van der Waals surface area contributed by atoms with Crippen LogP contribution in [0.3, 0.4) is 0 Å². The first-order valence-electron chi connectivity index (χ1n) is 11.9. The van der Waals surface area contributed by atoms with Gasteiger partial charge in [0.05, 0.1) is 17.1 Å². The third-order valence-electron chi connectivity index (χ3n) is 7.53. The number of aromatic nitrogens is 1. The Morgan fingerprint density at radius 1 is 0.618 bits per heavy atom. The third kappa shape index (κ3) is 2.40. The summed E-state index contributed by atoms with van der Waals surface area (Å²) in [6, 6.07) is 26.5. The van der Waals surface area contributed by atoms with Gasteiger partial charge < -0.3 is 8.98 Å². The molecular weight excluding hydrogens is 414 g/mol. The molecule has 160 valence electrons. The molecule has 2 aromatic heterocycles. The zero-order valence-corrected chi connectivity index (χ0v) is 18.5. The normalized spacial score (nSPS) is 19.6. The minimum absolute atomic E-state index is 0.198. The number of hydrogen-bond donors (Lipinski definition) is 0. The van der Waals surface area contributed by atoms with Gasteiger partial charge in [-0.25, -0.2) is 0 Å². The Balaban J connectivity index is 1.53. The van der Waals surface area contributed by atoms with Crippen molar-refractivity contribution in [3.8, 4) is 0 Å². The molecule has 0 amide bonds. The van der Waals surface area contributed by atoms with E-state index in [9.17, 15) is 0 Å². The summed E-state index contributed by atoms with van der Waals surface area (Å²) in [6.07, 6.45) is 15.7. The van der Waals surface area contributed by atoms with Gasteiger partial charge in [0.25, 0.3) is 0 Å². The molecule has 2 heterocycles. The van der Waals surface area contributed by atoms with Gasteiger partial charge in [-0.05, 0) is 40.6 Å². The summed E-state index contributed by atoms with van der Waals surface area (Å²) in [5, 5.41) is 7.45. The van der Waals surface area contributed by atoms with E-state index in [1.165, 1.54) is 48.9 Å². The summed E-state index contributed by atoms with van der Waals surface area (Å²) in [5.41, 5.74) is 5.72. The molecule has 8 rings (SSSR count). The fourth-order valence-corrected chi connectivity index (χ4v) is 5.97. The van der Waals surface area contributed by atoms with Crippen molar-refractivity contribution in [3.05, 3.63) is 121 Å². The molecule has 2 atom stereocenters. The molecule has 2 aliphatic carbocycles. The summed E-state index contributed by atoms with van der Waals surface area (Å²) in [4.78, 5) is 0. The van der Waals surface area contributed by atoms with Gasteiger partial charge in [0.1, 0.15) is 11.2 Å². The minimum Gasteiger partial charge on any atom is -0.456 e. The highest BCUT2D eigenvalue weighted by molar-refractivity contribution is 6.18. The highest BCUT2D eigenvalue weighted by Crippen LogP contribution is 2.43. The van der Waals surface area contributed by atoms with Crippen molar-refractivity contribution in [3.63, 3.8) is 0 Å². The first kappa shape index (κ1) is 18.2. The van der Waals surface area contributed by atoms with Gasteiger partial charge in [-0.15, -0.1) is 0 Å². The first-order chi connectivity index (χ1) is 16.8. The molecule has 2 heteroatoms. The number of benzene rings is 4. The van der Waals surface area contributed by atoms with Crippen LogP contribution in [0.5, 0.6) is 0 Å². The largest absolute Gasteiger partial charge is 0.456 e. The van der Waals surface area contributed by atoms with Crippen LogP contribution in [0.15, 0.2) is 125 Å². The summed E-state index contributed by atoms with van der Waals surface area (Å²) in [6.45, 7) is 0. The van der Waals surface area contributed by atoms with E-state index in [-0.39, 0.29) is 6.04 Å². The Morgan fingerprint density at radius 3 is 2.35 bits per heavy atom. The second-order valence-corrected chi connectivity index (χ2v) is 9.36. The number of nitrogens with zero attached hydrogens (tertiary/aromatic N) is 1. The topological polar surface area (TPSA) is 18.1 Å². The molecule has 0 saturated heterocycles. The summed E-state index contributed by atoms with van der Waals surface area (Å²) < 4.78 is 8.84. The van der Waals surface area contributed by atoms with Gasteiger partial charge >= 0.3 is 0 Å². The summed E-state index contributed by atoms with van der Waals surface area (Å²) in [7, 11) is 0. The van der Waals surface area contributed by atoms with Crippen LogP contribution in [-0.4, -0.2) is 4.57 Å². The fourth-order valence-electron chi connectivity index (χ4n) is 5.97. The first-order valence-corrected chi connectivity index (χ1v) is 11.9. The maximum Gasteiger partial charge on any atom is 0.137 e. The predicted molar refractivity (Wildman–Crippen MR) is 142 cm³/mol. The minimum atomic E-state index is 0.198. The maximum atomic E-state index is 6.32. The zero-order valence-electron chi connectivity index (χ0n) is 18.5. The van der Waals surface area contributed by atoms with E-state index in [4.69, 9.17) is 4.42 Å². The molecule has 0 bridgehead atoms. The van der Waals surface area contributed by atoms with Crippen LogP contribution in [0, 0.1) is 5.92 Å². The van der Waals surface area contributed by atoms with Gasteiger partial charge in [0.15, 0.2) is 0 Å². The maximum absolute atomic E-state index is 6.32. The van der Waals surface area contributed by atoms with Crippen molar-refractivity contribution >= 4 is 54.5 Å². The standard InChI is InChI=1S/C32H21NO/c1-2-10-22-17-29-25(16-21(22)9-1)26-18-27-24-13-5-6-15-31(24)34-32(27)19-30(26)33(29)28-14-7-11-20-8-3-4-12-23(20)28/h1-19,23,28H. The Kier molecular flexibility index (Phi) is 3.53. The molecule has 2 nitrogen and oxygen atoms in total. The average Bonchev–Trinajstić information content (AvgIpc) is 3.40. The van der Waals surface area contributed by atoms with E-state index in [1.54, 1.807) is 0 Å². The van der Waals surface area contributed by atoms with Crippen LogP contribution in [0.1, 0.15) is 6.04 Å². The number of allylic oxidation sites excluding steroid dienone is 8. The van der Waals surface area contributed by atoms with Crippen molar-refractivity contribution < 1.29 is 4.42 Å². The lowest BCUT2D eigenvalue weighted by Gasteiger charge is -2.30. The van der Waals surface area contributed by atoms with Crippen molar-refractivity contribution in [2.75, 3.05) is 0 Å². The monoisotopic (exact) mass is 435 g/mol. The summed E-state index contributed by atoms with van der Waals surface area (Å²) >= 11 is 0. The molecule has 6 aromatic rings. The number of fused-ring (bicyclic) bond motifs is 8. The quantitative estimate of drug-likeness (QED) is 0.253. The highest BCUT2D eigenvalue weighted by atomic mass is 16.3. The molecule has 0 saturated carbocycles. The van der Waals surface area contributed by atoms with Crippen molar-refractivity contribution in [1.82, 2.24) is 4.57 Å². The van der Waals surface area contributed by atoms with Gasteiger partial charge in [-0.3, -0.25) is 0 Å². The molecule has 0 spiro atoms. The fraction of sp³-hybridized carbons (Fsp3) is 0.0625. The van der Waals surface area contributed by atoms with Gasteiger partial charge in [0.2, 0.25) is 0 Å². The molecule has 0 aliphatic heterocycles. The zero-order chi connectivity index (χ0) is 22.2. The Labute approximate surface area is 196 Å². The molecule has 0 radical (unpaired) electrons. The Morgan fingerprint density at radius 2 is 1.41 bits per heavy atom. The van der Waals surface area contributed by atoms with E-state index in [2.05, 4.69) is 114 Å². The smallest absolute Gasteiger partial charge is 0.137 e. The number of rotatable bonds is 1. The number of para-hydroxylation sites is 1. The molecule has 4 aromatic carbocycles. The van der Waals surface area contributed by atoms with Crippen LogP contribution >= 0.6 is 0 Å². The van der Waals surface area contributed by atoms with E-state index in [0.29, 0.717) is 5.92 Å². The van der Waals surface area contributed by atoms with Crippen molar-refractivity contribution in [1.29, 1.82) is 0 Å². The highest BCUT2D eigenvalue weighted by Gasteiger charge is 2.28. The van der Waals surface area contributed by atoms with Crippen LogP contribution in [0.2, 0.25) is 0 Å².